The standard InChI is InChI=1S/C15H20N4O2/c20-13-5-10-19(11-12-16-8-4-9-17-12)14(21)15(18-13)6-2-1-3-7-15/h4,8-9H,1-3,5-7,10-11H2,(H,18,20). The summed E-state index contributed by atoms with van der Waals surface area (Å²) in [5.41, 5.74) is -0.694. The number of nitrogens with zero attached hydrogens (tertiary/aromatic N) is 3. The van der Waals surface area contributed by atoms with Gasteiger partial charge in [0, 0.05) is 25.4 Å². The van der Waals surface area contributed by atoms with E-state index in [-0.39, 0.29) is 11.8 Å². The minimum absolute atomic E-state index is 0.0262. The van der Waals surface area contributed by atoms with Gasteiger partial charge in [-0.1, -0.05) is 19.3 Å². The van der Waals surface area contributed by atoms with E-state index in [0.717, 1.165) is 32.1 Å². The van der Waals surface area contributed by atoms with Crippen molar-refractivity contribution >= 4 is 11.8 Å². The van der Waals surface area contributed by atoms with Crippen molar-refractivity contribution in [3.05, 3.63) is 24.3 Å². The van der Waals surface area contributed by atoms with Gasteiger partial charge in [0.15, 0.2) is 0 Å². The van der Waals surface area contributed by atoms with Crippen LogP contribution in [0.4, 0.5) is 0 Å². The molecule has 1 N–H and O–H groups in total. The first-order valence-corrected chi connectivity index (χ1v) is 7.56. The number of nitrogens with one attached hydrogen (secondary N) is 1. The number of carbonyl (C=O) groups is 2. The highest BCUT2D eigenvalue weighted by atomic mass is 16.2. The minimum atomic E-state index is -0.694. The molecule has 21 heavy (non-hydrogen) atoms. The van der Waals surface area contributed by atoms with Gasteiger partial charge in [0.2, 0.25) is 11.8 Å². The number of carbonyl (C=O) groups excluding carboxylic acids is 2. The molecule has 2 aliphatic rings. The van der Waals surface area contributed by atoms with Crippen molar-refractivity contribution in [1.29, 1.82) is 0 Å². The fraction of sp³-hybridized carbons (Fsp3) is 0.600. The third kappa shape index (κ3) is 2.89. The molecule has 1 aromatic heterocycles. The molecule has 2 heterocycles. The topological polar surface area (TPSA) is 75.2 Å². The van der Waals surface area contributed by atoms with E-state index in [9.17, 15) is 9.59 Å². The largest absolute Gasteiger partial charge is 0.342 e. The first-order chi connectivity index (χ1) is 10.2. The summed E-state index contributed by atoms with van der Waals surface area (Å²) >= 11 is 0. The summed E-state index contributed by atoms with van der Waals surface area (Å²) < 4.78 is 0. The summed E-state index contributed by atoms with van der Waals surface area (Å²) in [6, 6.07) is 1.75. The molecule has 1 aliphatic carbocycles. The molecule has 2 amide bonds. The molecule has 0 atom stereocenters. The highest BCUT2D eigenvalue weighted by Gasteiger charge is 2.45. The summed E-state index contributed by atoms with van der Waals surface area (Å²) in [4.78, 5) is 35.0. The fourth-order valence-electron chi connectivity index (χ4n) is 3.25. The van der Waals surface area contributed by atoms with Crippen LogP contribution in [-0.2, 0) is 16.1 Å². The molecule has 0 radical (unpaired) electrons. The Labute approximate surface area is 124 Å². The Morgan fingerprint density at radius 1 is 1.14 bits per heavy atom. The van der Waals surface area contributed by atoms with Gasteiger partial charge in [-0.05, 0) is 18.9 Å². The van der Waals surface area contributed by atoms with Crippen molar-refractivity contribution in [2.24, 2.45) is 0 Å². The summed E-state index contributed by atoms with van der Waals surface area (Å²) in [6.07, 6.45) is 8.28. The van der Waals surface area contributed by atoms with Crippen LogP contribution in [0.5, 0.6) is 0 Å². The lowest BCUT2D eigenvalue weighted by atomic mass is 9.80. The van der Waals surface area contributed by atoms with Crippen molar-refractivity contribution in [3.8, 4) is 0 Å². The summed E-state index contributed by atoms with van der Waals surface area (Å²) in [7, 11) is 0. The Balaban J connectivity index is 1.83. The molecule has 6 nitrogen and oxygen atoms in total. The first kappa shape index (κ1) is 14.0. The van der Waals surface area contributed by atoms with E-state index in [1.54, 1.807) is 23.4 Å². The van der Waals surface area contributed by atoms with Crippen LogP contribution in [0.3, 0.4) is 0 Å². The molecular formula is C15H20N4O2. The van der Waals surface area contributed by atoms with E-state index >= 15 is 0 Å². The molecular weight excluding hydrogens is 268 g/mol. The molecule has 1 aliphatic heterocycles. The van der Waals surface area contributed by atoms with Crippen LogP contribution in [0.2, 0.25) is 0 Å². The number of amides is 2. The Morgan fingerprint density at radius 2 is 1.86 bits per heavy atom. The van der Waals surface area contributed by atoms with E-state index in [1.807, 2.05) is 0 Å². The van der Waals surface area contributed by atoms with Gasteiger partial charge in [-0.2, -0.15) is 0 Å². The predicted molar refractivity (Wildman–Crippen MR) is 76.0 cm³/mol. The molecule has 1 saturated heterocycles. The van der Waals surface area contributed by atoms with Crippen molar-refractivity contribution in [1.82, 2.24) is 20.2 Å². The average Bonchev–Trinajstić information content (AvgIpc) is 2.62. The Bertz CT molecular complexity index is 526. The van der Waals surface area contributed by atoms with Crippen molar-refractivity contribution in [2.75, 3.05) is 6.54 Å². The first-order valence-electron chi connectivity index (χ1n) is 7.56. The van der Waals surface area contributed by atoms with E-state index in [0.29, 0.717) is 25.3 Å². The zero-order valence-electron chi connectivity index (χ0n) is 12.0. The van der Waals surface area contributed by atoms with Gasteiger partial charge in [0.1, 0.15) is 11.4 Å². The lowest BCUT2D eigenvalue weighted by molar-refractivity contribution is -0.141. The van der Waals surface area contributed by atoms with E-state index in [2.05, 4.69) is 15.3 Å². The van der Waals surface area contributed by atoms with E-state index < -0.39 is 5.54 Å². The quantitative estimate of drug-likeness (QED) is 0.882. The van der Waals surface area contributed by atoms with Gasteiger partial charge < -0.3 is 10.2 Å². The zero-order chi connectivity index (χ0) is 14.7. The van der Waals surface area contributed by atoms with E-state index in [4.69, 9.17) is 0 Å². The predicted octanol–water partition coefficient (Wildman–Crippen LogP) is 1.03. The lowest BCUT2D eigenvalue weighted by Gasteiger charge is -2.37. The normalized spacial score (nSPS) is 22.0. The van der Waals surface area contributed by atoms with Gasteiger partial charge in [-0.3, -0.25) is 9.59 Å². The summed E-state index contributed by atoms with van der Waals surface area (Å²) in [5, 5.41) is 2.99. The zero-order valence-corrected chi connectivity index (χ0v) is 12.0. The van der Waals surface area contributed by atoms with Crippen LogP contribution in [-0.4, -0.2) is 38.8 Å². The second-order valence-electron chi connectivity index (χ2n) is 5.83. The lowest BCUT2D eigenvalue weighted by Crippen LogP contribution is -2.58. The maximum absolute atomic E-state index is 12.9. The third-order valence-corrected chi connectivity index (χ3v) is 4.34. The molecule has 112 valence electrons. The van der Waals surface area contributed by atoms with Gasteiger partial charge in [0.05, 0.1) is 6.54 Å². The Hall–Kier alpha value is -1.98. The van der Waals surface area contributed by atoms with Gasteiger partial charge in [0.25, 0.3) is 0 Å². The molecule has 6 heteroatoms. The fourth-order valence-corrected chi connectivity index (χ4v) is 3.25. The second-order valence-corrected chi connectivity index (χ2v) is 5.83. The summed E-state index contributed by atoms with van der Waals surface area (Å²) in [6.45, 7) is 0.807. The minimum Gasteiger partial charge on any atom is -0.342 e. The number of aromatic nitrogens is 2. The van der Waals surface area contributed by atoms with Gasteiger partial charge >= 0.3 is 0 Å². The van der Waals surface area contributed by atoms with Crippen LogP contribution in [0.15, 0.2) is 18.5 Å². The van der Waals surface area contributed by atoms with Crippen LogP contribution in [0.25, 0.3) is 0 Å². The van der Waals surface area contributed by atoms with Crippen molar-refractivity contribution in [3.63, 3.8) is 0 Å². The highest BCUT2D eigenvalue weighted by Crippen LogP contribution is 2.31. The van der Waals surface area contributed by atoms with Gasteiger partial charge in [-0.15, -0.1) is 0 Å². The Kier molecular flexibility index (Phi) is 3.86. The summed E-state index contributed by atoms with van der Waals surface area (Å²) in [5.74, 6) is 0.619. The monoisotopic (exact) mass is 288 g/mol. The molecule has 1 spiro atoms. The maximum atomic E-state index is 12.9. The molecule has 1 aromatic rings. The molecule has 0 bridgehead atoms. The van der Waals surface area contributed by atoms with Crippen molar-refractivity contribution < 1.29 is 9.59 Å². The molecule has 3 rings (SSSR count). The molecule has 2 fully saturated rings. The SMILES string of the molecule is O=C1CCN(Cc2ncccn2)C(=O)C2(CCCCC2)N1. The maximum Gasteiger partial charge on any atom is 0.248 e. The number of rotatable bonds is 2. The molecule has 0 unspecified atom stereocenters. The highest BCUT2D eigenvalue weighted by molar-refractivity contribution is 5.93. The smallest absolute Gasteiger partial charge is 0.248 e. The van der Waals surface area contributed by atoms with Crippen LogP contribution in [0, 0.1) is 0 Å². The van der Waals surface area contributed by atoms with Gasteiger partial charge in [-0.25, -0.2) is 9.97 Å². The second kappa shape index (κ2) is 5.79. The average molecular weight is 288 g/mol. The number of hydrogen-bond donors (Lipinski definition) is 1. The third-order valence-electron chi connectivity index (χ3n) is 4.34. The van der Waals surface area contributed by atoms with Crippen LogP contribution in [0.1, 0.15) is 44.3 Å². The molecule has 0 aromatic carbocycles. The van der Waals surface area contributed by atoms with E-state index in [1.165, 1.54) is 0 Å². The van der Waals surface area contributed by atoms with Crippen molar-refractivity contribution in [2.45, 2.75) is 50.6 Å². The molecule has 1 saturated carbocycles. The Morgan fingerprint density at radius 3 is 2.57 bits per heavy atom. The van der Waals surface area contributed by atoms with Crippen LogP contribution < -0.4 is 5.32 Å². The number of hydrogen-bond acceptors (Lipinski definition) is 4. The van der Waals surface area contributed by atoms with Crippen LogP contribution >= 0.6 is 0 Å².